The van der Waals surface area contributed by atoms with Gasteiger partial charge in [0.15, 0.2) is 6.29 Å². The van der Waals surface area contributed by atoms with Crippen LogP contribution in [0.5, 0.6) is 0 Å². The maximum absolute atomic E-state index is 10.6. The molecule has 0 bridgehead atoms. The number of hydrogen-bond donors (Lipinski definition) is 0. The van der Waals surface area contributed by atoms with Gasteiger partial charge in [-0.25, -0.2) is 0 Å². The molecule has 0 fully saturated rings. The minimum absolute atomic E-state index is 0. The molecule has 0 N–H and O–H groups in total. The lowest BCUT2D eigenvalue weighted by molar-refractivity contribution is -0.001000. The second-order valence-corrected chi connectivity index (χ2v) is 2.69. The minimum Gasteiger partial charge on any atom is -1.00 e. The van der Waals surface area contributed by atoms with Crippen LogP contribution in [0.2, 0.25) is 0 Å². The van der Waals surface area contributed by atoms with E-state index in [1.165, 1.54) is 0 Å². The van der Waals surface area contributed by atoms with Gasteiger partial charge in [-0.15, -0.1) is 0 Å². The highest BCUT2D eigenvalue weighted by molar-refractivity contribution is 5.97. The van der Waals surface area contributed by atoms with Crippen molar-refractivity contribution in [3.8, 4) is 0 Å². The first-order chi connectivity index (χ1) is 5.92. The molecule has 3 heteroatoms. The fourth-order valence-corrected chi connectivity index (χ4v) is 1.35. The smallest absolute Gasteiger partial charge is 0.150 e. The van der Waals surface area contributed by atoms with Gasteiger partial charge in [-0.05, 0) is 10.8 Å². The molecule has 0 heterocycles. The third-order valence-electron chi connectivity index (χ3n) is 1.95. The van der Waals surface area contributed by atoms with Gasteiger partial charge in [0, 0.05) is 5.56 Å². The van der Waals surface area contributed by atoms with Crippen LogP contribution in [0.3, 0.4) is 0 Å². The van der Waals surface area contributed by atoms with Gasteiger partial charge in [0.2, 0.25) is 0 Å². The number of fused-ring (bicyclic) bond motifs is 1. The third kappa shape index (κ3) is 2.25. The van der Waals surface area contributed by atoms with E-state index in [9.17, 15) is 4.79 Å². The molecule has 14 heavy (non-hydrogen) atoms. The van der Waals surface area contributed by atoms with Crippen LogP contribution in [0.15, 0.2) is 42.5 Å². The largest absolute Gasteiger partial charge is 1.00 e. The summed E-state index contributed by atoms with van der Waals surface area (Å²) in [7, 11) is 0. The molecule has 0 amide bonds. The molecule has 0 aliphatic heterocycles. The predicted molar refractivity (Wildman–Crippen MR) is 49.3 cm³/mol. The first-order valence-corrected chi connectivity index (χ1v) is 3.85. The molecule has 2 aromatic carbocycles. The van der Waals surface area contributed by atoms with Crippen LogP contribution in [0.25, 0.3) is 10.8 Å². The summed E-state index contributed by atoms with van der Waals surface area (Å²) in [4.78, 5) is 10.6. The summed E-state index contributed by atoms with van der Waals surface area (Å²) in [6.45, 7) is 0. The molecule has 0 unspecified atom stereocenters. The zero-order valence-corrected chi connectivity index (χ0v) is 8.79. The van der Waals surface area contributed by atoms with E-state index >= 15 is 0 Å². The minimum atomic E-state index is 0. The molecular formula is C11H8Cl2O-2. The van der Waals surface area contributed by atoms with Crippen molar-refractivity contribution in [3.05, 3.63) is 48.0 Å². The molecule has 0 atom stereocenters. The van der Waals surface area contributed by atoms with Gasteiger partial charge >= 0.3 is 0 Å². The van der Waals surface area contributed by atoms with E-state index in [1.54, 1.807) is 0 Å². The number of carbonyl (C=O) groups is 1. The molecule has 74 valence electrons. The monoisotopic (exact) mass is 226 g/mol. The number of hydrogen-bond acceptors (Lipinski definition) is 1. The first kappa shape index (κ1) is 12.9. The van der Waals surface area contributed by atoms with Crippen LogP contribution >= 0.6 is 0 Å². The SMILES string of the molecule is O=Cc1cccc2ccccc12.[Cl-].[Cl-]. The van der Waals surface area contributed by atoms with Crippen molar-refractivity contribution in [1.82, 2.24) is 0 Å². The fraction of sp³-hybridized carbons (Fsp3) is 0. The zero-order chi connectivity index (χ0) is 8.39. The van der Waals surface area contributed by atoms with Gasteiger partial charge in [-0.2, -0.15) is 0 Å². The summed E-state index contributed by atoms with van der Waals surface area (Å²) in [5.74, 6) is 0. The highest BCUT2D eigenvalue weighted by Gasteiger charge is 1.96. The van der Waals surface area contributed by atoms with Crippen LogP contribution in [-0.4, -0.2) is 6.29 Å². The Labute approximate surface area is 94.9 Å². The molecule has 1 nitrogen and oxygen atoms in total. The maximum Gasteiger partial charge on any atom is 0.150 e. The van der Waals surface area contributed by atoms with Crippen molar-refractivity contribution < 1.29 is 29.6 Å². The Morgan fingerprint density at radius 3 is 2.21 bits per heavy atom. The van der Waals surface area contributed by atoms with Crippen LogP contribution in [-0.2, 0) is 0 Å². The number of rotatable bonds is 1. The average Bonchev–Trinajstić information content (AvgIpc) is 2.17. The Balaban J connectivity index is 0.000000845. The Morgan fingerprint density at radius 2 is 1.50 bits per heavy atom. The molecule has 0 aliphatic rings. The molecule has 0 radical (unpaired) electrons. The van der Waals surface area contributed by atoms with Gasteiger partial charge in [0.1, 0.15) is 0 Å². The second kappa shape index (κ2) is 5.63. The van der Waals surface area contributed by atoms with Crippen molar-refractivity contribution in [3.63, 3.8) is 0 Å². The molecule has 2 rings (SSSR count). The lowest BCUT2D eigenvalue weighted by Crippen LogP contribution is -3.00. The van der Waals surface area contributed by atoms with E-state index in [1.807, 2.05) is 42.5 Å². The van der Waals surface area contributed by atoms with Gasteiger partial charge in [0.25, 0.3) is 0 Å². The summed E-state index contributed by atoms with van der Waals surface area (Å²) in [6, 6.07) is 13.6. The number of carbonyl (C=O) groups excluding carboxylic acids is 1. The van der Waals surface area contributed by atoms with Crippen molar-refractivity contribution in [2.75, 3.05) is 0 Å². The average molecular weight is 227 g/mol. The Bertz CT molecular complexity index is 421. The molecule has 0 aliphatic carbocycles. The Kier molecular flexibility index (Phi) is 5.21. The summed E-state index contributed by atoms with van der Waals surface area (Å²) < 4.78 is 0. The van der Waals surface area contributed by atoms with Crippen molar-refractivity contribution in [2.24, 2.45) is 0 Å². The first-order valence-electron chi connectivity index (χ1n) is 3.85. The Morgan fingerprint density at radius 1 is 0.857 bits per heavy atom. The van der Waals surface area contributed by atoms with Gasteiger partial charge in [0.05, 0.1) is 0 Å². The summed E-state index contributed by atoms with van der Waals surface area (Å²) in [6.07, 6.45) is 0.891. The van der Waals surface area contributed by atoms with E-state index in [0.29, 0.717) is 0 Å². The summed E-state index contributed by atoms with van der Waals surface area (Å²) in [5, 5.41) is 2.14. The standard InChI is InChI=1S/C11H8O.2ClH/c12-8-10-6-3-5-9-4-1-2-7-11(9)10;;/h1-8H;2*1H/p-2. The second-order valence-electron chi connectivity index (χ2n) is 2.69. The topological polar surface area (TPSA) is 17.1 Å². The van der Waals surface area contributed by atoms with Crippen molar-refractivity contribution in [2.45, 2.75) is 0 Å². The van der Waals surface area contributed by atoms with Crippen molar-refractivity contribution >= 4 is 17.1 Å². The van der Waals surface area contributed by atoms with Gasteiger partial charge in [-0.1, -0.05) is 42.5 Å². The van der Waals surface area contributed by atoms with Crippen molar-refractivity contribution in [1.29, 1.82) is 0 Å². The third-order valence-corrected chi connectivity index (χ3v) is 1.95. The van der Waals surface area contributed by atoms with Gasteiger partial charge in [-0.3, -0.25) is 4.79 Å². The molecule has 0 aromatic heterocycles. The van der Waals surface area contributed by atoms with E-state index in [-0.39, 0.29) is 24.8 Å². The lowest BCUT2D eigenvalue weighted by atomic mass is 10.1. The van der Waals surface area contributed by atoms with E-state index < -0.39 is 0 Å². The maximum atomic E-state index is 10.6. The van der Waals surface area contributed by atoms with E-state index in [2.05, 4.69) is 0 Å². The highest BCUT2D eigenvalue weighted by atomic mass is 35.5. The number of aldehydes is 1. The number of halogens is 2. The molecule has 0 spiro atoms. The predicted octanol–water partition coefficient (Wildman–Crippen LogP) is -3.34. The van der Waals surface area contributed by atoms with Crippen LogP contribution < -0.4 is 24.8 Å². The van der Waals surface area contributed by atoms with E-state index in [0.717, 1.165) is 22.6 Å². The summed E-state index contributed by atoms with van der Waals surface area (Å²) in [5.41, 5.74) is 0.758. The summed E-state index contributed by atoms with van der Waals surface area (Å²) >= 11 is 0. The normalized spacial score (nSPS) is 8.57. The quantitative estimate of drug-likeness (QED) is 0.465. The molecular weight excluding hydrogens is 219 g/mol. The zero-order valence-electron chi connectivity index (χ0n) is 7.28. The Hall–Kier alpha value is -1.05. The molecule has 0 saturated carbocycles. The highest BCUT2D eigenvalue weighted by Crippen LogP contribution is 2.16. The molecule has 2 aromatic rings. The van der Waals surface area contributed by atoms with E-state index in [4.69, 9.17) is 0 Å². The van der Waals surface area contributed by atoms with Crippen LogP contribution in [0.1, 0.15) is 10.4 Å². The fourth-order valence-electron chi connectivity index (χ4n) is 1.35. The number of benzene rings is 2. The lowest BCUT2D eigenvalue weighted by Gasteiger charge is -1.98. The van der Waals surface area contributed by atoms with Gasteiger partial charge < -0.3 is 24.8 Å². The van der Waals surface area contributed by atoms with Crippen LogP contribution in [0, 0.1) is 0 Å². The van der Waals surface area contributed by atoms with Crippen LogP contribution in [0.4, 0.5) is 0 Å². The molecule has 0 saturated heterocycles.